The molecule has 0 aliphatic rings. The van der Waals surface area contributed by atoms with E-state index in [1.165, 1.54) is 0 Å². The van der Waals surface area contributed by atoms with E-state index in [1.807, 2.05) is 21.0 Å². The van der Waals surface area contributed by atoms with E-state index in [-0.39, 0.29) is 0 Å². The summed E-state index contributed by atoms with van der Waals surface area (Å²) in [5.74, 6) is 0.851. The van der Waals surface area contributed by atoms with E-state index in [2.05, 4.69) is 31.1 Å². The Kier molecular flexibility index (Phi) is 4.35. The molecule has 15 heavy (non-hydrogen) atoms. The van der Waals surface area contributed by atoms with Crippen molar-refractivity contribution in [1.29, 1.82) is 0 Å². The summed E-state index contributed by atoms with van der Waals surface area (Å²) in [6.45, 7) is 3.80. The quantitative estimate of drug-likeness (QED) is 0.877. The fourth-order valence-electron chi connectivity index (χ4n) is 1.11. The normalized spacial score (nSPS) is 10.7. The van der Waals surface area contributed by atoms with Crippen molar-refractivity contribution in [2.45, 2.75) is 6.92 Å². The van der Waals surface area contributed by atoms with Crippen molar-refractivity contribution in [3.05, 3.63) is 16.2 Å². The molecule has 1 aromatic heterocycles. The number of halogens is 1. The third-order valence-corrected chi connectivity index (χ3v) is 3.12. The Balaban J connectivity index is 2.66. The van der Waals surface area contributed by atoms with Gasteiger partial charge in [0.25, 0.3) is 0 Å². The third-order valence-electron chi connectivity index (χ3n) is 2.15. The zero-order valence-electron chi connectivity index (χ0n) is 9.34. The first-order valence-electron chi connectivity index (χ1n) is 4.81. The van der Waals surface area contributed by atoms with Gasteiger partial charge in [-0.1, -0.05) is 0 Å². The zero-order valence-corrected chi connectivity index (χ0v) is 10.9. The smallest absolute Gasteiger partial charge is 0.140 e. The number of nitrogens with two attached hydrogens (primary N) is 1. The van der Waals surface area contributed by atoms with Crippen LogP contribution in [0.15, 0.2) is 10.7 Å². The predicted molar refractivity (Wildman–Crippen MR) is 68.1 cm³/mol. The van der Waals surface area contributed by atoms with Crippen LogP contribution in [0, 0.1) is 6.92 Å². The first kappa shape index (κ1) is 12.3. The Morgan fingerprint density at radius 3 is 2.80 bits per heavy atom. The van der Waals surface area contributed by atoms with Crippen molar-refractivity contribution in [2.24, 2.45) is 0 Å². The van der Waals surface area contributed by atoms with E-state index < -0.39 is 0 Å². The molecule has 0 spiro atoms. The molecule has 0 radical (unpaired) electrons. The first-order chi connectivity index (χ1) is 7.02. The minimum atomic E-state index is 0.708. The van der Waals surface area contributed by atoms with Crippen LogP contribution < -0.4 is 11.1 Å². The van der Waals surface area contributed by atoms with Gasteiger partial charge in [0, 0.05) is 13.1 Å². The number of nitrogen functional groups attached to an aromatic ring is 1. The lowest BCUT2D eigenvalue weighted by Crippen LogP contribution is -2.21. The van der Waals surface area contributed by atoms with Gasteiger partial charge in [0.05, 0.1) is 16.4 Å². The molecule has 0 aromatic carbocycles. The maximum atomic E-state index is 5.74. The minimum absolute atomic E-state index is 0.708. The highest BCUT2D eigenvalue weighted by Crippen LogP contribution is 2.27. The van der Waals surface area contributed by atoms with Gasteiger partial charge in [-0.05, 0) is 42.5 Å². The van der Waals surface area contributed by atoms with Crippen LogP contribution in [-0.4, -0.2) is 37.1 Å². The summed E-state index contributed by atoms with van der Waals surface area (Å²) in [7, 11) is 4.08. The average Bonchev–Trinajstić information content (AvgIpc) is 2.18. The van der Waals surface area contributed by atoms with Crippen LogP contribution in [-0.2, 0) is 0 Å². The summed E-state index contributed by atoms with van der Waals surface area (Å²) >= 11 is 3.48. The molecule has 0 aliphatic carbocycles. The van der Waals surface area contributed by atoms with Crippen molar-refractivity contribution < 1.29 is 0 Å². The summed E-state index contributed by atoms with van der Waals surface area (Å²) in [5, 5.41) is 3.26. The Morgan fingerprint density at radius 2 is 2.20 bits per heavy atom. The SMILES string of the molecule is Cc1c(N)cnc(NCCN(C)C)c1Br. The second-order valence-electron chi connectivity index (χ2n) is 3.73. The van der Waals surface area contributed by atoms with E-state index >= 15 is 0 Å². The van der Waals surface area contributed by atoms with E-state index in [1.54, 1.807) is 6.20 Å². The van der Waals surface area contributed by atoms with Crippen molar-refractivity contribution in [2.75, 3.05) is 38.2 Å². The van der Waals surface area contributed by atoms with Crippen LogP contribution in [0.4, 0.5) is 11.5 Å². The number of nitrogens with zero attached hydrogens (tertiary/aromatic N) is 2. The minimum Gasteiger partial charge on any atom is -0.397 e. The fourth-order valence-corrected chi connectivity index (χ4v) is 1.58. The van der Waals surface area contributed by atoms with Crippen LogP contribution in [0.2, 0.25) is 0 Å². The average molecular weight is 273 g/mol. The molecule has 0 saturated carbocycles. The molecule has 0 fully saturated rings. The van der Waals surface area contributed by atoms with Gasteiger partial charge >= 0.3 is 0 Å². The zero-order chi connectivity index (χ0) is 11.4. The molecule has 1 aromatic rings. The van der Waals surface area contributed by atoms with Gasteiger partial charge < -0.3 is 16.0 Å². The van der Waals surface area contributed by atoms with E-state index in [9.17, 15) is 0 Å². The number of rotatable bonds is 4. The lowest BCUT2D eigenvalue weighted by atomic mass is 10.2. The second-order valence-corrected chi connectivity index (χ2v) is 4.52. The second kappa shape index (κ2) is 5.32. The predicted octanol–water partition coefficient (Wildman–Crippen LogP) is 1.71. The van der Waals surface area contributed by atoms with Crippen molar-refractivity contribution >= 4 is 27.4 Å². The fraction of sp³-hybridized carbons (Fsp3) is 0.500. The molecule has 0 saturated heterocycles. The molecule has 3 N–H and O–H groups in total. The summed E-state index contributed by atoms with van der Waals surface area (Å²) in [4.78, 5) is 6.35. The van der Waals surface area contributed by atoms with Gasteiger partial charge in [0.15, 0.2) is 0 Å². The number of likely N-dealkylation sites (N-methyl/N-ethyl adjacent to an activating group) is 1. The van der Waals surface area contributed by atoms with Gasteiger partial charge in [-0.3, -0.25) is 0 Å². The molecule has 5 heteroatoms. The standard InChI is InChI=1S/C10H17BrN4/c1-7-8(12)6-14-10(9(7)11)13-4-5-15(2)3/h6H,4-5,12H2,1-3H3,(H,13,14). The molecule has 84 valence electrons. The molecule has 0 bridgehead atoms. The Bertz CT molecular complexity index is 338. The number of aromatic nitrogens is 1. The molecule has 1 heterocycles. The summed E-state index contributed by atoms with van der Waals surface area (Å²) in [6, 6.07) is 0. The summed E-state index contributed by atoms with van der Waals surface area (Å²) in [6.07, 6.45) is 1.68. The summed E-state index contributed by atoms with van der Waals surface area (Å²) < 4.78 is 0.946. The van der Waals surface area contributed by atoms with Crippen molar-refractivity contribution in [1.82, 2.24) is 9.88 Å². The molecule has 0 unspecified atom stereocenters. The van der Waals surface area contributed by atoms with Gasteiger partial charge in [-0.15, -0.1) is 0 Å². The Morgan fingerprint density at radius 1 is 1.53 bits per heavy atom. The van der Waals surface area contributed by atoms with E-state index in [4.69, 9.17) is 5.73 Å². The molecular weight excluding hydrogens is 256 g/mol. The molecule has 0 atom stereocenters. The lowest BCUT2D eigenvalue weighted by Gasteiger charge is -2.13. The highest BCUT2D eigenvalue weighted by Gasteiger charge is 2.06. The number of anilines is 2. The number of pyridine rings is 1. The Hall–Kier alpha value is -0.810. The van der Waals surface area contributed by atoms with E-state index in [0.717, 1.165) is 28.9 Å². The third kappa shape index (κ3) is 3.35. The molecule has 0 amide bonds. The lowest BCUT2D eigenvalue weighted by molar-refractivity contribution is 0.425. The maximum absolute atomic E-state index is 5.74. The Labute approximate surface area is 99.0 Å². The highest BCUT2D eigenvalue weighted by atomic mass is 79.9. The van der Waals surface area contributed by atoms with Gasteiger partial charge in [-0.2, -0.15) is 0 Å². The van der Waals surface area contributed by atoms with Gasteiger partial charge in [0.2, 0.25) is 0 Å². The van der Waals surface area contributed by atoms with Crippen LogP contribution in [0.25, 0.3) is 0 Å². The monoisotopic (exact) mass is 272 g/mol. The largest absolute Gasteiger partial charge is 0.397 e. The van der Waals surface area contributed by atoms with E-state index in [0.29, 0.717) is 5.69 Å². The van der Waals surface area contributed by atoms with Crippen LogP contribution in [0.5, 0.6) is 0 Å². The molecule has 1 rings (SSSR count). The number of nitrogens with one attached hydrogen (secondary N) is 1. The van der Waals surface area contributed by atoms with Crippen LogP contribution >= 0.6 is 15.9 Å². The number of hydrogen-bond donors (Lipinski definition) is 2. The molecular formula is C10H17BrN4. The van der Waals surface area contributed by atoms with Gasteiger partial charge in [0.1, 0.15) is 5.82 Å². The molecule has 0 aliphatic heterocycles. The molecule has 4 nitrogen and oxygen atoms in total. The highest BCUT2D eigenvalue weighted by molar-refractivity contribution is 9.10. The maximum Gasteiger partial charge on any atom is 0.140 e. The van der Waals surface area contributed by atoms with Crippen molar-refractivity contribution in [3.63, 3.8) is 0 Å². The first-order valence-corrected chi connectivity index (χ1v) is 5.61. The van der Waals surface area contributed by atoms with Gasteiger partial charge in [-0.25, -0.2) is 4.98 Å². The van der Waals surface area contributed by atoms with Crippen LogP contribution in [0.3, 0.4) is 0 Å². The summed E-state index contributed by atoms with van der Waals surface area (Å²) in [5.41, 5.74) is 7.47. The van der Waals surface area contributed by atoms with Crippen LogP contribution in [0.1, 0.15) is 5.56 Å². The van der Waals surface area contributed by atoms with Crippen molar-refractivity contribution in [3.8, 4) is 0 Å². The number of hydrogen-bond acceptors (Lipinski definition) is 4. The topological polar surface area (TPSA) is 54.2 Å².